The van der Waals surface area contributed by atoms with Gasteiger partial charge >= 0.3 is 0 Å². The van der Waals surface area contributed by atoms with Gasteiger partial charge in [-0.2, -0.15) is 0 Å². The fourth-order valence-electron chi connectivity index (χ4n) is 1.27. The zero-order valence-electron chi connectivity index (χ0n) is 9.20. The summed E-state index contributed by atoms with van der Waals surface area (Å²) in [5, 5.41) is 13.3. The summed E-state index contributed by atoms with van der Waals surface area (Å²) in [6.07, 6.45) is 0. The molecule has 76 valence electrons. The Morgan fingerprint density at radius 2 is 1.93 bits per heavy atom. The van der Waals surface area contributed by atoms with Crippen LogP contribution in [0.3, 0.4) is 0 Å². The lowest BCUT2D eigenvalue weighted by Gasteiger charge is -2.17. The van der Waals surface area contributed by atoms with Gasteiger partial charge in [-0.25, -0.2) is 0 Å². The molecular formula is C11H17NOSi. The Hall–Kier alpha value is -1.09. The molecule has 1 aromatic rings. The van der Waals surface area contributed by atoms with Crippen LogP contribution in [0.1, 0.15) is 12.5 Å². The summed E-state index contributed by atoms with van der Waals surface area (Å²) in [6.45, 7) is 8.72. The second-order valence-corrected chi connectivity index (χ2v) is 9.59. The Morgan fingerprint density at radius 1 is 1.29 bits per heavy atom. The van der Waals surface area contributed by atoms with Crippen molar-refractivity contribution in [1.82, 2.24) is 0 Å². The van der Waals surface area contributed by atoms with E-state index in [4.69, 9.17) is 5.21 Å². The Morgan fingerprint density at radius 3 is 2.43 bits per heavy atom. The molecule has 0 aliphatic rings. The van der Waals surface area contributed by atoms with E-state index in [1.165, 1.54) is 5.19 Å². The number of rotatable bonds is 2. The molecule has 2 nitrogen and oxygen atoms in total. The van der Waals surface area contributed by atoms with Gasteiger partial charge in [-0.3, -0.25) is 0 Å². The summed E-state index contributed by atoms with van der Waals surface area (Å²) < 4.78 is 0. The first-order valence-electron chi connectivity index (χ1n) is 4.74. The lowest BCUT2D eigenvalue weighted by Crippen LogP contribution is -2.37. The van der Waals surface area contributed by atoms with E-state index in [1.54, 1.807) is 0 Å². The fraction of sp³-hybridized carbons (Fsp3) is 0.364. The summed E-state index contributed by atoms with van der Waals surface area (Å²) >= 11 is 0. The molecule has 0 atom stereocenters. The van der Waals surface area contributed by atoms with E-state index in [-0.39, 0.29) is 0 Å². The summed E-state index contributed by atoms with van der Waals surface area (Å²) in [6, 6.07) is 8.28. The predicted octanol–water partition coefficient (Wildman–Crippen LogP) is 2.43. The molecule has 0 spiro atoms. The maximum Gasteiger partial charge on any atom is 0.0836 e. The highest BCUT2D eigenvalue weighted by molar-refractivity contribution is 6.88. The molecule has 1 N–H and O–H groups in total. The molecule has 1 aromatic carbocycles. The molecule has 0 heterocycles. The predicted molar refractivity (Wildman–Crippen MR) is 63.4 cm³/mol. The van der Waals surface area contributed by atoms with E-state index in [0.717, 1.165) is 5.56 Å². The minimum Gasteiger partial charge on any atom is -0.411 e. The molecule has 0 amide bonds. The summed E-state index contributed by atoms with van der Waals surface area (Å²) in [5.41, 5.74) is 1.68. The minimum absolute atomic E-state index is 0.671. The number of nitrogens with zero attached hydrogens (tertiary/aromatic N) is 1. The second-order valence-electron chi connectivity index (χ2n) is 4.52. The molecule has 0 unspecified atom stereocenters. The minimum atomic E-state index is -1.26. The monoisotopic (exact) mass is 207 g/mol. The zero-order valence-corrected chi connectivity index (χ0v) is 10.2. The van der Waals surface area contributed by atoms with E-state index >= 15 is 0 Å². The molecule has 0 aromatic heterocycles. The van der Waals surface area contributed by atoms with Crippen LogP contribution >= 0.6 is 0 Å². The van der Waals surface area contributed by atoms with Gasteiger partial charge in [0.05, 0.1) is 13.8 Å². The van der Waals surface area contributed by atoms with Crippen molar-refractivity contribution >= 4 is 19.0 Å². The van der Waals surface area contributed by atoms with Crippen molar-refractivity contribution in [2.24, 2.45) is 5.16 Å². The van der Waals surface area contributed by atoms with Crippen LogP contribution in [-0.2, 0) is 0 Å². The normalized spacial score (nSPS) is 13.0. The van der Waals surface area contributed by atoms with Gasteiger partial charge in [0.2, 0.25) is 0 Å². The summed E-state index contributed by atoms with van der Waals surface area (Å²) in [4.78, 5) is 0. The van der Waals surface area contributed by atoms with Crippen LogP contribution in [0.4, 0.5) is 0 Å². The molecule has 0 saturated carbocycles. The van der Waals surface area contributed by atoms with Gasteiger partial charge in [-0.1, -0.05) is 54.2 Å². The van der Waals surface area contributed by atoms with Crippen LogP contribution in [0.25, 0.3) is 0 Å². The first kappa shape index (κ1) is 11.0. The SMILES string of the molecule is C/C(=N\O)c1cccc([Si](C)(C)C)c1. The van der Waals surface area contributed by atoms with E-state index in [2.05, 4.69) is 36.9 Å². The van der Waals surface area contributed by atoms with Gasteiger partial charge in [-0.15, -0.1) is 0 Å². The summed E-state index contributed by atoms with van der Waals surface area (Å²) in [7, 11) is -1.26. The third-order valence-electron chi connectivity index (χ3n) is 2.30. The molecule has 14 heavy (non-hydrogen) atoms. The highest BCUT2D eigenvalue weighted by Gasteiger charge is 2.16. The first-order chi connectivity index (χ1) is 6.45. The van der Waals surface area contributed by atoms with Crippen LogP contribution in [0.5, 0.6) is 0 Å². The van der Waals surface area contributed by atoms with Gasteiger partial charge in [0.15, 0.2) is 0 Å². The zero-order chi connectivity index (χ0) is 10.8. The first-order valence-corrected chi connectivity index (χ1v) is 8.24. The van der Waals surface area contributed by atoms with Crippen molar-refractivity contribution < 1.29 is 5.21 Å². The van der Waals surface area contributed by atoms with Crippen molar-refractivity contribution in [3.63, 3.8) is 0 Å². The van der Waals surface area contributed by atoms with E-state index in [0.29, 0.717) is 5.71 Å². The average Bonchev–Trinajstić information content (AvgIpc) is 2.15. The Labute approximate surface area is 86.3 Å². The Kier molecular flexibility index (Phi) is 3.11. The van der Waals surface area contributed by atoms with Crippen molar-refractivity contribution in [3.05, 3.63) is 29.8 Å². The lowest BCUT2D eigenvalue weighted by atomic mass is 10.1. The maximum atomic E-state index is 8.68. The summed E-state index contributed by atoms with van der Waals surface area (Å²) in [5.74, 6) is 0. The van der Waals surface area contributed by atoms with Crippen LogP contribution < -0.4 is 5.19 Å². The van der Waals surface area contributed by atoms with Crippen molar-refractivity contribution in [3.8, 4) is 0 Å². The van der Waals surface area contributed by atoms with Crippen molar-refractivity contribution in [2.75, 3.05) is 0 Å². The van der Waals surface area contributed by atoms with Crippen LogP contribution in [-0.4, -0.2) is 19.0 Å². The van der Waals surface area contributed by atoms with Gasteiger partial charge in [-0.05, 0) is 12.5 Å². The average molecular weight is 207 g/mol. The Bertz CT molecular complexity index is 353. The highest BCUT2D eigenvalue weighted by Crippen LogP contribution is 2.06. The molecular weight excluding hydrogens is 190 g/mol. The largest absolute Gasteiger partial charge is 0.411 e. The molecule has 1 rings (SSSR count). The van der Waals surface area contributed by atoms with Gasteiger partial charge in [0.25, 0.3) is 0 Å². The van der Waals surface area contributed by atoms with Crippen molar-refractivity contribution in [2.45, 2.75) is 26.6 Å². The molecule has 0 aliphatic heterocycles. The van der Waals surface area contributed by atoms with Crippen LogP contribution in [0.2, 0.25) is 19.6 Å². The third kappa shape index (κ3) is 2.45. The molecule has 0 saturated heterocycles. The number of hydrogen-bond donors (Lipinski definition) is 1. The van der Waals surface area contributed by atoms with Gasteiger partial charge in [0.1, 0.15) is 0 Å². The lowest BCUT2D eigenvalue weighted by molar-refractivity contribution is 0.319. The third-order valence-corrected chi connectivity index (χ3v) is 4.34. The van der Waals surface area contributed by atoms with E-state index < -0.39 is 8.07 Å². The van der Waals surface area contributed by atoms with Crippen LogP contribution in [0, 0.1) is 0 Å². The molecule has 0 fully saturated rings. The number of oxime groups is 1. The molecule has 0 bridgehead atoms. The highest BCUT2D eigenvalue weighted by atomic mass is 28.3. The molecule has 0 aliphatic carbocycles. The standard InChI is InChI=1S/C11H17NOSi/c1-9(12-13)10-6-5-7-11(8-10)14(2,3)4/h5-8,13H,1-4H3/b12-9+. The van der Waals surface area contributed by atoms with E-state index in [1.807, 2.05) is 19.1 Å². The number of hydrogen-bond acceptors (Lipinski definition) is 2. The smallest absolute Gasteiger partial charge is 0.0836 e. The van der Waals surface area contributed by atoms with Gasteiger partial charge in [0, 0.05) is 0 Å². The number of benzene rings is 1. The Balaban J connectivity index is 3.14. The molecule has 0 radical (unpaired) electrons. The van der Waals surface area contributed by atoms with Gasteiger partial charge < -0.3 is 5.21 Å². The van der Waals surface area contributed by atoms with Crippen molar-refractivity contribution in [1.29, 1.82) is 0 Å². The maximum absolute atomic E-state index is 8.68. The second kappa shape index (κ2) is 3.96. The topological polar surface area (TPSA) is 32.6 Å². The quantitative estimate of drug-likeness (QED) is 0.343. The fourth-order valence-corrected chi connectivity index (χ4v) is 2.45. The molecule has 3 heteroatoms. The van der Waals surface area contributed by atoms with E-state index in [9.17, 15) is 0 Å². The van der Waals surface area contributed by atoms with Crippen LogP contribution in [0.15, 0.2) is 29.4 Å².